The van der Waals surface area contributed by atoms with Crippen molar-refractivity contribution >= 4 is 0 Å². The van der Waals surface area contributed by atoms with Crippen LogP contribution in [0.2, 0.25) is 0 Å². The highest BCUT2D eigenvalue weighted by molar-refractivity contribution is 5.71. The number of benzene rings is 1. The van der Waals surface area contributed by atoms with Crippen molar-refractivity contribution in [1.29, 1.82) is 0 Å². The first-order chi connectivity index (χ1) is 24.1. The Morgan fingerprint density at radius 3 is 0.940 bits per heavy atom. The molecule has 0 amide bonds. The molecule has 6 aromatic heterocycles. The lowest BCUT2D eigenvalue weighted by molar-refractivity contribution is -0.697. The Kier molecular flexibility index (Phi) is 10.0. The molecule has 6 heterocycles. The standard InChI is InChI=1S/C25H26N3.C19H22N3/c1-19-11-13-20(14-12-19)21-17-24(22-9-5-7-15-26(22)2)28(4)25(18-21)23-10-6-8-16-27(23)3;1-15-13-18(16-9-5-7-11-20(16)2)22(4)19(14-15)17-10-6-8-12-21(17)3/h5-18H,1-4H3;5-14H,1-4H3/q2*+3. The van der Waals surface area contributed by atoms with E-state index in [0.717, 1.165) is 0 Å². The van der Waals surface area contributed by atoms with E-state index in [1.165, 1.54) is 67.8 Å². The minimum Gasteiger partial charge on any atom is -0.196 e. The second-order valence-electron chi connectivity index (χ2n) is 13.1. The molecule has 6 nitrogen and oxygen atoms in total. The number of aryl methyl sites for hydroxylation is 6. The zero-order valence-electron chi connectivity index (χ0n) is 30.5. The summed E-state index contributed by atoms with van der Waals surface area (Å²) in [6.45, 7) is 4.28. The molecular formula is C44H48N6+6. The van der Waals surface area contributed by atoms with Gasteiger partial charge in [-0.3, -0.25) is 0 Å². The normalized spacial score (nSPS) is 10.8. The number of aromatic nitrogens is 6. The fourth-order valence-electron chi connectivity index (χ4n) is 6.51. The number of hydrogen-bond donors (Lipinski definition) is 0. The van der Waals surface area contributed by atoms with Crippen molar-refractivity contribution in [2.45, 2.75) is 13.8 Å². The summed E-state index contributed by atoms with van der Waals surface area (Å²) in [7, 11) is 12.6. The number of rotatable bonds is 5. The van der Waals surface area contributed by atoms with Gasteiger partial charge in [0.05, 0.1) is 0 Å². The Bertz CT molecular complexity index is 2170. The van der Waals surface area contributed by atoms with Crippen molar-refractivity contribution < 1.29 is 27.4 Å². The molecule has 7 aromatic rings. The van der Waals surface area contributed by atoms with E-state index in [1.807, 2.05) is 0 Å². The highest BCUT2D eigenvalue weighted by Crippen LogP contribution is 2.27. The number of pyridine rings is 6. The van der Waals surface area contributed by atoms with Crippen LogP contribution in [-0.4, -0.2) is 0 Å². The lowest BCUT2D eigenvalue weighted by Crippen LogP contribution is -2.42. The zero-order chi connectivity index (χ0) is 35.4. The van der Waals surface area contributed by atoms with E-state index >= 15 is 0 Å². The van der Waals surface area contributed by atoms with Crippen LogP contribution in [-0.2, 0) is 42.3 Å². The lowest BCUT2D eigenvalue weighted by atomic mass is 10.0. The minimum atomic E-state index is 1.18. The third kappa shape index (κ3) is 7.10. The van der Waals surface area contributed by atoms with E-state index in [-0.39, 0.29) is 0 Å². The maximum absolute atomic E-state index is 2.28. The highest BCUT2D eigenvalue weighted by Gasteiger charge is 2.29. The first kappa shape index (κ1) is 34.0. The van der Waals surface area contributed by atoms with Crippen LogP contribution in [0.4, 0.5) is 0 Å². The SMILES string of the molecule is Cc1cc(-c2cccc[n+]2C)[n+](C)c(-c2cccc[n+]2C)c1.Cc1ccc(-c2cc(-c3cccc[n+]3C)[n+](C)c(-c3cccc[n+]3C)c2)cc1. The van der Waals surface area contributed by atoms with Crippen LogP contribution in [0.3, 0.4) is 0 Å². The van der Waals surface area contributed by atoms with E-state index in [9.17, 15) is 0 Å². The number of hydrogen-bond acceptors (Lipinski definition) is 0. The van der Waals surface area contributed by atoms with Gasteiger partial charge in [0.15, 0.2) is 24.8 Å². The summed E-state index contributed by atoms with van der Waals surface area (Å²) in [6, 6.07) is 43.0. The molecule has 6 heteroatoms. The molecular weight excluding hydrogens is 613 g/mol. The average Bonchev–Trinajstić information content (AvgIpc) is 3.11. The van der Waals surface area contributed by atoms with Crippen LogP contribution in [0, 0.1) is 13.8 Å². The van der Waals surface area contributed by atoms with Crippen molar-refractivity contribution in [2.24, 2.45) is 42.3 Å². The van der Waals surface area contributed by atoms with Crippen LogP contribution in [0.1, 0.15) is 11.1 Å². The third-order valence-corrected chi connectivity index (χ3v) is 9.41. The van der Waals surface area contributed by atoms with Gasteiger partial charge >= 0.3 is 0 Å². The molecule has 0 aliphatic rings. The Labute approximate surface area is 296 Å². The Hall–Kier alpha value is -5.88. The monoisotopic (exact) mass is 660 g/mol. The predicted molar refractivity (Wildman–Crippen MR) is 197 cm³/mol. The quantitative estimate of drug-likeness (QED) is 0.225. The van der Waals surface area contributed by atoms with Crippen LogP contribution >= 0.6 is 0 Å². The van der Waals surface area contributed by atoms with Gasteiger partial charge < -0.3 is 0 Å². The summed E-state index contributed by atoms with van der Waals surface area (Å²) >= 11 is 0. The molecule has 0 fully saturated rings. The lowest BCUT2D eigenvalue weighted by Gasteiger charge is -2.08. The van der Waals surface area contributed by atoms with Gasteiger partial charge in [-0.25, -0.2) is 0 Å². The molecule has 0 aliphatic heterocycles. The van der Waals surface area contributed by atoms with E-state index in [1.54, 1.807) is 0 Å². The maximum atomic E-state index is 2.28. The third-order valence-electron chi connectivity index (χ3n) is 9.41. The summed E-state index contributed by atoms with van der Waals surface area (Å²) in [5, 5.41) is 0. The van der Waals surface area contributed by atoms with E-state index < -0.39 is 0 Å². The molecule has 0 radical (unpaired) electrons. The van der Waals surface area contributed by atoms with Crippen LogP contribution in [0.5, 0.6) is 0 Å². The first-order valence-corrected chi connectivity index (χ1v) is 17.0. The minimum absolute atomic E-state index is 1.18. The summed E-state index contributed by atoms with van der Waals surface area (Å²) in [6.07, 6.45) is 8.35. The van der Waals surface area contributed by atoms with Gasteiger partial charge in [0.25, 0.3) is 45.6 Å². The van der Waals surface area contributed by atoms with Crippen molar-refractivity contribution in [3.63, 3.8) is 0 Å². The second kappa shape index (κ2) is 14.7. The smallest absolute Gasteiger partial charge is 0.196 e. The molecule has 0 unspecified atom stereocenters. The fraction of sp³-hybridized carbons (Fsp3) is 0.182. The van der Waals surface area contributed by atoms with Gasteiger partial charge in [-0.2, -0.15) is 27.4 Å². The predicted octanol–water partition coefficient (Wildman–Crippen LogP) is 5.27. The summed E-state index contributed by atoms with van der Waals surface area (Å²) in [5.41, 5.74) is 14.5. The molecule has 0 bridgehead atoms. The molecule has 0 aliphatic carbocycles. The molecule has 0 spiro atoms. The summed E-state index contributed by atoms with van der Waals surface area (Å²) in [5.74, 6) is 0. The topological polar surface area (TPSA) is 23.3 Å². The summed E-state index contributed by atoms with van der Waals surface area (Å²) in [4.78, 5) is 0. The molecule has 7 rings (SSSR count). The van der Waals surface area contributed by atoms with Gasteiger partial charge in [-0.15, -0.1) is 0 Å². The molecule has 0 saturated heterocycles. The van der Waals surface area contributed by atoms with E-state index in [4.69, 9.17) is 0 Å². The van der Waals surface area contributed by atoms with Crippen molar-refractivity contribution in [1.82, 2.24) is 0 Å². The van der Waals surface area contributed by atoms with Gasteiger partial charge in [-0.1, -0.05) is 29.8 Å². The van der Waals surface area contributed by atoms with Gasteiger partial charge in [0.2, 0.25) is 0 Å². The van der Waals surface area contributed by atoms with Gasteiger partial charge in [0, 0.05) is 72.8 Å². The zero-order valence-corrected chi connectivity index (χ0v) is 30.5. The Morgan fingerprint density at radius 1 is 0.300 bits per heavy atom. The Morgan fingerprint density at radius 2 is 0.620 bits per heavy atom. The summed E-state index contributed by atoms with van der Waals surface area (Å²) < 4.78 is 13.2. The molecule has 0 N–H and O–H groups in total. The van der Waals surface area contributed by atoms with E-state index in [0.29, 0.717) is 0 Å². The molecule has 248 valence electrons. The Balaban J connectivity index is 0.000000178. The van der Waals surface area contributed by atoms with E-state index in [2.05, 4.69) is 230 Å². The molecule has 1 aromatic carbocycles. The van der Waals surface area contributed by atoms with Gasteiger partial charge in [-0.05, 0) is 54.8 Å². The molecule has 0 atom stereocenters. The van der Waals surface area contributed by atoms with Gasteiger partial charge in [0.1, 0.15) is 42.3 Å². The maximum Gasteiger partial charge on any atom is 0.278 e. The number of nitrogens with zero attached hydrogens (tertiary/aromatic N) is 6. The van der Waals surface area contributed by atoms with Crippen LogP contribution < -0.4 is 27.4 Å². The van der Waals surface area contributed by atoms with Crippen molar-refractivity contribution in [3.05, 3.63) is 157 Å². The second-order valence-corrected chi connectivity index (χ2v) is 13.1. The van der Waals surface area contributed by atoms with Crippen LogP contribution in [0.15, 0.2) is 146 Å². The van der Waals surface area contributed by atoms with Crippen molar-refractivity contribution in [3.8, 4) is 56.7 Å². The van der Waals surface area contributed by atoms with Crippen molar-refractivity contribution in [2.75, 3.05) is 0 Å². The highest BCUT2D eigenvalue weighted by atomic mass is 15.0. The molecule has 0 saturated carbocycles. The first-order valence-electron chi connectivity index (χ1n) is 17.0. The van der Waals surface area contributed by atoms with Crippen LogP contribution in [0.25, 0.3) is 56.7 Å². The molecule has 50 heavy (non-hydrogen) atoms. The average molecular weight is 661 g/mol. The fourth-order valence-corrected chi connectivity index (χ4v) is 6.51. The largest absolute Gasteiger partial charge is 0.278 e.